The normalized spacial score (nSPS) is 21.5. The molecule has 1 fully saturated rings. The average Bonchev–Trinajstić information content (AvgIpc) is 2.60. The highest BCUT2D eigenvalue weighted by molar-refractivity contribution is 7.71. The number of aliphatic hydroxyl groups excluding tert-OH is 1. The Morgan fingerprint density at radius 2 is 2.00 bits per heavy atom. The lowest BCUT2D eigenvalue weighted by atomic mass is 9.77. The minimum Gasteiger partial charge on any atom is -0.388 e. The van der Waals surface area contributed by atoms with Crippen LogP contribution in [0.3, 0.4) is 0 Å². The monoisotopic (exact) mass is 312 g/mol. The summed E-state index contributed by atoms with van der Waals surface area (Å²) in [6.45, 7) is 9.87. The van der Waals surface area contributed by atoms with Gasteiger partial charge in [-0.25, -0.2) is 4.68 Å². The minimum atomic E-state index is -0.0702. The molecular weight excluding hydrogens is 284 g/mol. The van der Waals surface area contributed by atoms with Crippen LogP contribution in [0.1, 0.15) is 45.9 Å². The third kappa shape index (κ3) is 3.93. The number of hydrogen-bond acceptors (Lipinski definition) is 4. The first-order valence-electron chi connectivity index (χ1n) is 7.79. The van der Waals surface area contributed by atoms with Gasteiger partial charge in [0.1, 0.15) is 6.61 Å². The van der Waals surface area contributed by atoms with Crippen LogP contribution in [0.25, 0.3) is 0 Å². The molecule has 1 aromatic heterocycles. The Morgan fingerprint density at radius 1 is 1.29 bits per heavy atom. The lowest BCUT2D eigenvalue weighted by molar-refractivity contribution is 0.186. The van der Waals surface area contributed by atoms with Crippen molar-refractivity contribution in [1.29, 1.82) is 0 Å². The molecule has 1 N–H and O–H groups in total. The lowest BCUT2D eigenvalue weighted by Gasteiger charge is -2.29. The van der Waals surface area contributed by atoms with Crippen molar-refractivity contribution in [2.24, 2.45) is 18.4 Å². The number of rotatable bonds is 3. The maximum atomic E-state index is 9.27. The number of nitrogens with zero attached hydrogens (tertiary/aromatic N) is 4. The summed E-state index contributed by atoms with van der Waals surface area (Å²) in [5.41, 5.74) is 0.390. The van der Waals surface area contributed by atoms with Gasteiger partial charge in [0, 0.05) is 13.6 Å². The van der Waals surface area contributed by atoms with Crippen LogP contribution in [-0.2, 0) is 20.3 Å². The van der Waals surface area contributed by atoms with Crippen LogP contribution in [0.2, 0.25) is 0 Å². The van der Waals surface area contributed by atoms with Gasteiger partial charge in [-0.3, -0.25) is 4.90 Å². The van der Waals surface area contributed by atoms with Gasteiger partial charge >= 0.3 is 0 Å². The quantitative estimate of drug-likeness (QED) is 0.871. The van der Waals surface area contributed by atoms with Crippen LogP contribution < -0.4 is 0 Å². The molecule has 0 bridgehead atoms. The van der Waals surface area contributed by atoms with E-state index < -0.39 is 0 Å². The molecule has 2 heterocycles. The van der Waals surface area contributed by atoms with Gasteiger partial charge in [0.25, 0.3) is 0 Å². The van der Waals surface area contributed by atoms with Gasteiger partial charge in [0.2, 0.25) is 0 Å². The van der Waals surface area contributed by atoms with Crippen LogP contribution in [0.15, 0.2) is 0 Å². The molecule has 0 spiro atoms. The van der Waals surface area contributed by atoms with E-state index in [1.165, 1.54) is 19.3 Å². The van der Waals surface area contributed by atoms with Crippen molar-refractivity contribution in [3.8, 4) is 0 Å². The zero-order valence-electron chi connectivity index (χ0n) is 13.7. The first-order valence-corrected chi connectivity index (χ1v) is 8.19. The van der Waals surface area contributed by atoms with Gasteiger partial charge in [-0.2, -0.15) is 5.10 Å². The van der Waals surface area contributed by atoms with Crippen molar-refractivity contribution in [1.82, 2.24) is 19.2 Å². The summed E-state index contributed by atoms with van der Waals surface area (Å²) in [7, 11) is 1.86. The van der Waals surface area contributed by atoms with Crippen LogP contribution in [0.5, 0.6) is 0 Å². The Labute approximate surface area is 132 Å². The summed E-state index contributed by atoms with van der Waals surface area (Å²) in [4.78, 5) is 2.43. The third-order valence-corrected chi connectivity index (χ3v) is 5.14. The minimum absolute atomic E-state index is 0.0702. The third-order valence-electron chi connectivity index (χ3n) is 4.65. The van der Waals surface area contributed by atoms with Crippen LogP contribution in [-0.4, -0.2) is 37.4 Å². The molecule has 1 aliphatic rings. The smallest absolute Gasteiger partial charge is 0.198 e. The molecule has 1 saturated heterocycles. The van der Waals surface area contributed by atoms with E-state index in [0.717, 1.165) is 25.7 Å². The van der Waals surface area contributed by atoms with Crippen molar-refractivity contribution in [2.45, 2.75) is 53.3 Å². The first kappa shape index (κ1) is 16.6. The topological polar surface area (TPSA) is 46.2 Å². The molecule has 1 aliphatic heterocycles. The summed E-state index contributed by atoms with van der Waals surface area (Å²) in [5.74, 6) is 1.41. The number of aromatic nitrogens is 3. The zero-order chi connectivity index (χ0) is 15.6. The highest BCUT2D eigenvalue weighted by Crippen LogP contribution is 2.34. The molecule has 1 unspecified atom stereocenters. The molecule has 21 heavy (non-hydrogen) atoms. The number of aliphatic hydroxyl groups is 1. The lowest BCUT2D eigenvalue weighted by Crippen LogP contribution is -2.29. The molecule has 0 amide bonds. The molecule has 0 aliphatic carbocycles. The predicted octanol–water partition coefficient (Wildman–Crippen LogP) is 2.55. The number of likely N-dealkylation sites (tertiary alicyclic amines) is 1. The first-order chi connectivity index (χ1) is 9.82. The Hall–Kier alpha value is -0.720. The average molecular weight is 312 g/mol. The second-order valence-corrected chi connectivity index (χ2v) is 7.53. The van der Waals surface area contributed by atoms with Crippen molar-refractivity contribution < 1.29 is 5.11 Å². The highest BCUT2D eigenvalue weighted by atomic mass is 32.1. The van der Waals surface area contributed by atoms with E-state index in [1.807, 2.05) is 11.7 Å². The summed E-state index contributed by atoms with van der Waals surface area (Å²) >= 11 is 5.39. The van der Waals surface area contributed by atoms with Gasteiger partial charge in [0.15, 0.2) is 10.6 Å². The second kappa shape index (κ2) is 6.58. The molecule has 0 saturated carbocycles. The molecule has 6 heteroatoms. The second-order valence-electron chi connectivity index (χ2n) is 7.17. The van der Waals surface area contributed by atoms with Crippen molar-refractivity contribution in [2.75, 3.05) is 13.1 Å². The van der Waals surface area contributed by atoms with E-state index >= 15 is 0 Å². The SMILES string of the molecule is Cn1c(CO)nn(CN2CCCC(C(C)(C)C)CC2)c1=S. The van der Waals surface area contributed by atoms with E-state index in [1.54, 1.807) is 4.57 Å². The van der Waals surface area contributed by atoms with Gasteiger partial charge < -0.3 is 9.67 Å². The number of hydrogen-bond donors (Lipinski definition) is 1. The molecule has 120 valence electrons. The largest absolute Gasteiger partial charge is 0.388 e. The molecule has 2 rings (SSSR count). The molecule has 1 aromatic rings. The molecular formula is C15H28N4OS. The van der Waals surface area contributed by atoms with Gasteiger partial charge in [0.05, 0.1) is 6.67 Å². The maximum absolute atomic E-state index is 9.27. The standard InChI is InChI=1S/C15H28N4OS/c1-15(2,3)12-6-5-8-18(9-7-12)11-19-14(21)17(4)13(10-20)16-19/h12,20H,5-11H2,1-4H3. The zero-order valence-corrected chi connectivity index (χ0v) is 14.5. The summed E-state index contributed by atoms with van der Waals surface area (Å²) < 4.78 is 4.29. The summed E-state index contributed by atoms with van der Waals surface area (Å²) in [6.07, 6.45) is 3.76. The Bertz CT molecular complexity index is 529. The maximum Gasteiger partial charge on any atom is 0.198 e. The van der Waals surface area contributed by atoms with Gasteiger partial charge in [-0.05, 0) is 49.4 Å². The molecule has 0 aromatic carbocycles. The Morgan fingerprint density at radius 3 is 2.57 bits per heavy atom. The van der Waals surface area contributed by atoms with Crippen LogP contribution in [0.4, 0.5) is 0 Å². The highest BCUT2D eigenvalue weighted by Gasteiger charge is 2.27. The van der Waals surface area contributed by atoms with Crippen LogP contribution in [0, 0.1) is 16.1 Å². The molecule has 5 nitrogen and oxygen atoms in total. The van der Waals surface area contributed by atoms with Crippen molar-refractivity contribution >= 4 is 12.2 Å². The fraction of sp³-hybridized carbons (Fsp3) is 0.867. The molecule has 1 atom stereocenters. The van der Waals surface area contributed by atoms with Crippen molar-refractivity contribution in [3.63, 3.8) is 0 Å². The van der Waals surface area contributed by atoms with Gasteiger partial charge in [-0.15, -0.1) is 0 Å². The fourth-order valence-electron chi connectivity index (χ4n) is 3.12. The summed E-state index contributed by atoms with van der Waals surface area (Å²) in [5, 5.41) is 13.7. The van der Waals surface area contributed by atoms with Crippen LogP contribution >= 0.6 is 12.2 Å². The van der Waals surface area contributed by atoms with Crippen molar-refractivity contribution in [3.05, 3.63) is 10.6 Å². The van der Waals surface area contributed by atoms with E-state index in [0.29, 0.717) is 16.0 Å². The fourth-order valence-corrected chi connectivity index (χ4v) is 3.32. The Balaban J connectivity index is 2.03. The van der Waals surface area contributed by atoms with Gasteiger partial charge in [-0.1, -0.05) is 20.8 Å². The van der Waals surface area contributed by atoms with E-state index in [9.17, 15) is 5.11 Å². The molecule has 0 radical (unpaired) electrons. The Kier molecular flexibility index (Phi) is 5.22. The van der Waals surface area contributed by atoms with E-state index in [2.05, 4.69) is 30.8 Å². The predicted molar refractivity (Wildman–Crippen MR) is 86.3 cm³/mol. The summed E-state index contributed by atoms with van der Waals surface area (Å²) in [6, 6.07) is 0. The van der Waals surface area contributed by atoms with E-state index in [-0.39, 0.29) is 6.61 Å². The van der Waals surface area contributed by atoms with E-state index in [4.69, 9.17) is 12.2 Å².